The fourth-order valence-corrected chi connectivity index (χ4v) is 1.52. The fourth-order valence-electron chi connectivity index (χ4n) is 1.52. The summed E-state index contributed by atoms with van der Waals surface area (Å²) in [7, 11) is 0. The summed E-state index contributed by atoms with van der Waals surface area (Å²) in [6, 6.07) is 12.1. The Hall–Kier alpha value is -1.96. The molecule has 1 aromatic heterocycles. The van der Waals surface area contributed by atoms with Gasteiger partial charge in [-0.3, -0.25) is 0 Å². The molecule has 0 aliphatic heterocycles. The van der Waals surface area contributed by atoms with Crippen LogP contribution in [0.2, 0.25) is 0 Å². The van der Waals surface area contributed by atoms with E-state index in [4.69, 9.17) is 0 Å². The maximum atomic E-state index is 4.07. The first-order valence-corrected chi connectivity index (χ1v) is 4.87. The summed E-state index contributed by atoms with van der Waals surface area (Å²) in [5, 5.41) is 7.93. The molecule has 0 unspecified atom stereocenters. The van der Waals surface area contributed by atoms with Crippen molar-refractivity contribution in [1.82, 2.24) is 10.2 Å². The molecule has 2 aromatic rings. The van der Waals surface area contributed by atoms with Crippen molar-refractivity contribution in [3.8, 4) is 0 Å². The maximum Gasteiger partial charge on any atom is 0.0675 e. The highest BCUT2D eigenvalue weighted by Gasteiger charge is 2.00. The highest BCUT2D eigenvalue weighted by atomic mass is 15.1. The molecular weight excluding hydrogens is 184 g/mol. The lowest BCUT2D eigenvalue weighted by Crippen LogP contribution is -1.95. The molecule has 1 aromatic carbocycles. The molecule has 2 rings (SSSR count). The predicted octanol–water partition coefficient (Wildman–Crippen LogP) is 2.71. The molecule has 0 amide bonds. The van der Waals surface area contributed by atoms with Crippen LogP contribution in [0, 0.1) is 0 Å². The van der Waals surface area contributed by atoms with Crippen LogP contribution in [-0.4, -0.2) is 10.2 Å². The van der Waals surface area contributed by atoms with E-state index in [0.29, 0.717) is 0 Å². The Balaban J connectivity index is 2.28. The number of benzene rings is 1. The molecule has 2 nitrogen and oxygen atoms in total. The number of rotatable bonds is 3. The molecule has 0 fully saturated rings. The van der Waals surface area contributed by atoms with Gasteiger partial charge in [-0.25, -0.2) is 0 Å². The Morgan fingerprint density at radius 3 is 2.73 bits per heavy atom. The minimum absolute atomic E-state index is 0.802. The van der Waals surface area contributed by atoms with E-state index in [0.717, 1.165) is 17.7 Å². The smallest absolute Gasteiger partial charge is 0.0675 e. The summed E-state index contributed by atoms with van der Waals surface area (Å²) in [6.07, 6.45) is 4.35. The Kier molecular flexibility index (Phi) is 2.88. The first-order valence-electron chi connectivity index (χ1n) is 4.87. The number of hydrogen-bond donors (Lipinski definition) is 0. The van der Waals surface area contributed by atoms with Gasteiger partial charge >= 0.3 is 0 Å². The normalized spacial score (nSPS) is 9.87. The summed E-state index contributed by atoms with van der Waals surface area (Å²) in [5.41, 5.74) is 3.36. The fraction of sp³-hybridized carbons (Fsp3) is 0.0769. The Morgan fingerprint density at radius 2 is 2.00 bits per heavy atom. The average molecular weight is 196 g/mol. The van der Waals surface area contributed by atoms with Gasteiger partial charge in [-0.1, -0.05) is 36.9 Å². The van der Waals surface area contributed by atoms with Crippen molar-refractivity contribution in [3.63, 3.8) is 0 Å². The van der Waals surface area contributed by atoms with E-state index in [-0.39, 0.29) is 0 Å². The van der Waals surface area contributed by atoms with E-state index >= 15 is 0 Å². The Labute approximate surface area is 89.3 Å². The first-order chi connectivity index (χ1) is 7.40. The van der Waals surface area contributed by atoms with Crippen LogP contribution in [0.4, 0.5) is 0 Å². The van der Waals surface area contributed by atoms with Gasteiger partial charge in [-0.2, -0.15) is 10.2 Å². The van der Waals surface area contributed by atoms with Gasteiger partial charge < -0.3 is 0 Å². The van der Waals surface area contributed by atoms with Crippen molar-refractivity contribution in [1.29, 1.82) is 0 Å². The molecule has 0 radical (unpaired) electrons. The third-order valence-corrected chi connectivity index (χ3v) is 2.27. The van der Waals surface area contributed by atoms with Crippen LogP contribution in [0.1, 0.15) is 16.8 Å². The molecule has 0 aliphatic rings. The third-order valence-electron chi connectivity index (χ3n) is 2.27. The van der Waals surface area contributed by atoms with Crippen LogP contribution >= 0.6 is 0 Å². The van der Waals surface area contributed by atoms with Crippen molar-refractivity contribution < 1.29 is 0 Å². The minimum atomic E-state index is 0.802. The summed E-state index contributed by atoms with van der Waals surface area (Å²) in [6.45, 7) is 3.80. The van der Waals surface area contributed by atoms with Crippen LogP contribution in [0.3, 0.4) is 0 Å². The number of hydrogen-bond acceptors (Lipinski definition) is 2. The van der Waals surface area contributed by atoms with Gasteiger partial charge in [0.15, 0.2) is 0 Å². The topological polar surface area (TPSA) is 25.8 Å². The van der Waals surface area contributed by atoms with E-state index in [2.05, 4.69) is 28.9 Å². The molecular formula is C13H12N2. The van der Waals surface area contributed by atoms with Crippen molar-refractivity contribution in [2.24, 2.45) is 0 Å². The van der Waals surface area contributed by atoms with Gasteiger partial charge in [0, 0.05) is 12.6 Å². The van der Waals surface area contributed by atoms with E-state index in [1.165, 1.54) is 5.56 Å². The standard InChI is InChI=1S/C13H12N2/c1-2-11-6-3-4-7-12(11)10-13-8-5-9-14-15-13/h2-9H,1,10H2. The number of aromatic nitrogens is 2. The average Bonchev–Trinajstić information content (AvgIpc) is 2.31. The van der Waals surface area contributed by atoms with E-state index in [9.17, 15) is 0 Å². The van der Waals surface area contributed by atoms with Gasteiger partial charge in [-0.05, 0) is 23.3 Å². The predicted molar refractivity (Wildman–Crippen MR) is 61.4 cm³/mol. The minimum Gasteiger partial charge on any atom is -0.159 e. The molecule has 0 aliphatic carbocycles. The largest absolute Gasteiger partial charge is 0.159 e. The summed E-state index contributed by atoms with van der Waals surface area (Å²) in [5.74, 6) is 0. The molecule has 0 N–H and O–H groups in total. The zero-order chi connectivity index (χ0) is 10.5. The second-order valence-corrected chi connectivity index (χ2v) is 3.29. The Morgan fingerprint density at radius 1 is 1.13 bits per heavy atom. The van der Waals surface area contributed by atoms with E-state index in [1.807, 2.05) is 30.3 Å². The van der Waals surface area contributed by atoms with Gasteiger partial charge in [0.25, 0.3) is 0 Å². The lowest BCUT2D eigenvalue weighted by atomic mass is 10.0. The van der Waals surface area contributed by atoms with Gasteiger partial charge in [0.1, 0.15) is 0 Å². The lowest BCUT2D eigenvalue weighted by Gasteiger charge is -2.04. The summed E-state index contributed by atoms with van der Waals surface area (Å²) in [4.78, 5) is 0. The van der Waals surface area contributed by atoms with Crippen LogP contribution in [0.25, 0.3) is 6.08 Å². The highest BCUT2D eigenvalue weighted by molar-refractivity contribution is 5.52. The van der Waals surface area contributed by atoms with Crippen molar-refractivity contribution in [3.05, 3.63) is 66.0 Å². The Bertz CT molecular complexity index is 449. The van der Waals surface area contributed by atoms with E-state index in [1.54, 1.807) is 6.20 Å². The maximum absolute atomic E-state index is 4.07. The SMILES string of the molecule is C=Cc1ccccc1Cc1cccnn1. The monoisotopic (exact) mass is 196 g/mol. The molecule has 0 atom stereocenters. The first kappa shape index (κ1) is 9.59. The quantitative estimate of drug-likeness (QED) is 0.754. The number of nitrogens with zero attached hydrogens (tertiary/aromatic N) is 2. The molecule has 15 heavy (non-hydrogen) atoms. The summed E-state index contributed by atoms with van der Waals surface area (Å²) < 4.78 is 0. The summed E-state index contributed by atoms with van der Waals surface area (Å²) >= 11 is 0. The van der Waals surface area contributed by atoms with Crippen LogP contribution < -0.4 is 0 Å². The zero-order valence-corrected chi connectivity index (χ0v) is 8.43. The zero-order valence-electron chi connectivity index (χ0n) is 8.43. The molecule has 1 heterocycles. The second kappa shape index (κ2) is 4.51. The highest BCUT2D eigenvalue weighted by Crippen LogP contribution is 2.13. The van der Waals surface area contributed by atoms with Gasteiger partial charge in [-0.15, -0.1) is 0 Å². The van der Waals surface area contributed by atoms with Gasteiger partial charge in [0.2, 0.25) is 0 Å². The molecule has 74 valence electrons. The lowest BCUT2D eigenvalue weighted by molar-refractivity contribution is 0.936. The third kappa shape index (κ3) is 2.29. The van der Waals surface area contributed by atoms with Crippen LogP contribution in [0.15, 0.2) is 49.2 Å². The molecule has 0 bridgehead atoms. The van der Waals surface area contributed by atoms with Crippen molar-refractivity contribution in [2.75, 3.05) is 0 Å². The van der Waals surface area contributed by atoms with Crippen molar-refractivity contribution in [2.45, 2.75) is 6.42 Å². The second-order valence-electron chi connectivity index (χ2n) is 3.29. The van der Waals surface area contributed by atoms with Gasteiger partial charge in [0.05, 0.1) is 5.69 Å². The molecule has 0 saturated heterocycles. The molecule has 0 saturated carbocycles. The van der Waals surface area contributed by atoms with Crippen LogP contribution in [0.5, 0.6) is 0 Å². The van der Waals surface area contributed by atoms with E-state index < -0.39 is 0 Å². The van der Waals surface area contributed by atoms with Crippen LogP contribution in [-0.2, 0) is 6.42 Å². The molecule has 2 heteroatoms. The molecule has 0 spiro atoms. The van der Waals surface area contributed by atoms with Crippen molar-refractivity contribution >= 4 is 6.08 Å².